The van der Waals surface area contributed by atoms with E-state index in [1.54, 1.807) is 19.1 Å². The zero-order valence-electron chi connectivity index (χ0n) is 12.8. The number of piperazine rings is 1. The van der Waals surface area contributed by atoms with Gasteiger partial charge in [0.1, 0.15) is 6.04 Å². The summed E-state index contributed by atoms with van der Waals surface area (Å²) in [5.41, 5.74) is 0.699. The minimum Gasteiger partial charge on any atom is -0.336 e. The fraction of sp³-hybridized carbons (Fsp3) is 0.467. The first-order valence-corrected chi connectivity index (χ1v) is 7.21. The largest absolute Gasteiger partial charge is 0.336 e. The summed E-state index contributed by atoms with van der Waals surface area (Å²) in [6, 6.07) is 8.38. The van der Waals surface area contributed by atoms with E-state index >= 15 is 0 Å². The van der Waals surface area contributed by atoms with Gasteiger partial charge < -0.3 is 20.9 Å². The van der Waals surface area contributed by atoms with Gasteiger partial charge in [0, 0.05) is 31.4 Å². The molecule has 2 rings (SSSR count). The van der Waals surface area contributed by atoms with Crippen LogP contribution in [0.25, 0.3) is 0 Å². The molecule has 3 N–H and O–H groups in total. The number of carbonyl (C=O) groups excluding carboxylic acids is 2. The predicted molar refractivity (Wildman–Crippen MR) is 89.4 cm³/mol. The fourth-order valence-electron chi connectivity index (χ4n) is 2.36. The molecule has 1 heterocycles. The molecule has 1 aromatic carbocycles. The monoisotopic (exact) mass is 326 g/mol. The molecule has 0 aliphatic carbocycles. The molecule has 3 amide bonds. The normalized spacial score (nSPS) is 18.8. The molecule has 1 aromatic rings. The first kappa shape index (κ1) is 18.3. The number of rotatable bonds is 3. The molecule has 1 unspecified atom stereocenters. The molecule has 1 aliphatic heterocycles. The van der Waals surface area contributed by atoms with Crippen LogP contribution in [0.2, 0.25) is 0 Å². The Morgan fingerprint density at radius 3 is 2.64 bits per heavy atom. The van der Waals surface area contributed by atoms with Gasteiger partial charge in [-0.1, -0.05) is 18.2 Å². The third-order valence-electron chi connectivity index (χ3n) is 3.53. The number of benzene rings is 1. The number of nitrogens with zero attached hydrogens (tertiary/aromatic N) is 1. The zero-order chi connectivity index (χ0) is 15.2. The summed E-state index contributed by atoms with van der Waals surface area (Å²) < 4.78 is 0. The molecule has 0 aromatic heterocycles. The van der Waals surface area contributed by atoms with Crippen LogP contribution in [0.5, 0.6) is 0 Å². The smallest absolute Gasteiger partial charge is 0.319 e. The summed E-state index contributed by atoms with van der Waals surface area (Å²) in [5.74, 6) is -0.0489. The zero-order valence-corrected chi connectivity index (χ0v) is 13.7. The van der Waals surface area contributed by atoms with Crippen molar-refractivity contribution < 1.29 is 9.59 Å². The lowest BCUT2D eigenvalue weighted by molar-refractivity contribution is -0.135. The Morgan fingerprint density at radius 2 is 2.00 bits per heavy atom. The Balaban J connectivity index is 0.00000242. The number of hydrogen-bond acceptors (Lipinski definition) is 3. The van der Waals surface area contributed by atoms with E-state index in [4.69, 9.17) is 0 Å². The second kappa shape index (κ2) is 8.60. The maximum Gasteiger partial charge on any atom is 0.319 e. The van der Waals surface area contributed by atoms with Gasteiger partial charge in [-0.2, -0.15) is 0 Å². The van der Waals surface area contributed by atoms with Gasteiger partial charge in [0.2, 0.25) is 5.91 Å². The number of para-hydroxylation sites is 1. The minimum absolute atomic E-state index is 0. The van der Waals surface area contributed by atoms with Crippen molar-refractivity contribution in [1.29, 1.82) is 0 Å². The summed E-state index contributed by atoms with van der Waals surface area (Å²) in [5, 5.41) is 8.63. The SMILES string of the molecule is CC(NC(=O)Nc1ccccc1)C(=O)N1CCNC[C@H]1C.Cl. The highest BCUT2D eigenvalue weighted by atomic mass is 35.5. The van der Waals surface area contributed by atoms with Gasteiger partial charge in [-0.15, -0.1) is 12.4 Å². The van der Waals surface area contributed by atoms with Crippen molar-refractivity contribution in [3.63, 3.8) is 0 Å². The molecule has 0 bridgehead atoms. The average molecular weight is 327 g/mol. The van der Waals surface area contributed by atoms with E-state index < -0.39 is 6.04 Å². The van der Waals surface area contributed by atoms with E-state index in [1.165, 1.54) is 0 Å². The molecule has 122 valence electrons. The number of urea groups is 1. The molecule has 2 atom stereocenters. The van der Waals surface area contributed by atoms with Crippen LogP contribution in [0.4, 0.5) is 10.5 Å². The molecule has 1 saturated heterocycles. The summed E-state index contributed by atoms with van der Waals surface area (Å²) in [6.07, 6.45) is 0. The van der Waals surface area contributed by atoms with Crippen molar-refractivity contribution in [2.75, 3.05) is 25.0 Å². The van der Waals surface area contributed by atoms with Crippen molar-refractivity contribution in [1.82, 2.24) is 15.5 Å². The van der Waals surface area contributed by atoms with Gasteiger partial charge in [-0.25, -0.2) is 4.79 Å². The molecular formula is C15H23ClN4O2. The van der Waals surface area contributed by atoms with Gasteiger partial charge in [0.25, 0.3) is 0 Å². The third-order valence-corrected chi connectivity index (χ3v) is 3.53. The number of hydrogen-bond donors (Lipinski definition) is 3. The molecule has 1 aliphatic rings. The Morgan fingerprint density at radius 1 is 1.32 bits per heavy atom. The van der Waals surface area contributed by atoms with Crippen LogP contribution in [-0.2, 0) is 4.79 Å². The molecule has 0 saturated carbocycles. The van der Waals surface area contributed by atoms with Gasteiger partial charge in [0.05, 0.1) is 0 Å². The summed E-state index contributed by atoms with van der Waals surface area (Å²) in [4.78, 5) is 26.0. The minimum atomic E-state index is -0.547. The molecule has 0 radical (unpaired) electrons. The maximum absolute atomic E-state index is 12.4. The number of carbonyl (C=O) groups is 2. The van der Waals surface area contributed by atoms with Crippen molar-refractivity contribution >= 4 is 30.0 Å². The molecule has 7 heteroatoms. The molecule has 6 nitrogen and oxygen atoms in total. The van der Waals surface area contributed by atoms with E-state index in [9.17, 15) is 9.59 Å². The van der Waals surface area contributed by atoms with Gasteiger partial charge >= 0.3 is 6.03 Å². The van der Waals surface area contributed by atoms with E-state index in [0.29, 0.717) is 12.2 Å². The second-order valence-corrected chi connectivity index (χ2v) is 5.27. The summed E-state index contributed by atoms with van der Waals surface area (Å²) >= 11 is 0. The van der Waals surface area contributed by atoms with Crippen LogP contribution < -0.4 is 16.0 Å². The fourth-order valence-corrected chi connectivity index (χ4v) is 2.36. The molecule has 0 spiro atoms. The summed E-state index contributed by atoms with van der Waals surface area (Å²) in [7, 11) is 0. The molecule has 22 heavy (non-hydrogen) atoms. The Labute approximate surface area is 137 Å². The lowest BCUT2D eigenvalue weighted by atomic mass is 10.2. The van der Waals surface area contributed by atoms with Crippen LogP contribution in [-0.4, -0.2) is 48.6 Å². The first-order valence-electron chi connectivity index (χ1n) is 7.21. The number of nitrogens with one attached hydrogen (secondary N) is 3. The van der Waals surface area contributed by atoms with Crippen LogP contribution in [0.3, 0.4) is 0 Å². The van der Waals surface area contributed by atoms with E-state index in [1.807, 2.05) is 30.0 Å². The van der Waals surface area contributed by atoms with Crippen LogP contribution in [0, 0.1) is 0 Å². The molecular weight excluding hydrogens is 304 g/mol. The van der Waals surface area contributed by atoms with Crippen LogP contribution >= 0.6 is 12.4 Å². The highest BCUT2D eigenvalue weighted by molar-refractivity contribution is 5.93. The topological polar surface area (TPSA) is 73.5 Å². The van der Waals surface area contributed by atoms with E-state index in [2.05, 4.69) is 16.0 Å². The summed E-state index contributed by atoms with van der Waals surface area (Å²) in [6.45, 7) is 5.96. The van der Waals surface area contributed by atoms with Gasteiger partial charge in [-0.3, -0.25) is 4.79 Å². The number of anilines is 1. The number of halogens is 1. The standard InChI is InChI=1S/C15H22N4O2.ClH/c1-11-10-16-8-9-19(11)14(20)12(2)17-15(21)18-13-6-4-3-5-7-13;/h3-7,11-12,16H,8-10H2,1-2H3,(H2,17,18,21);1H/t11-,12?;/m1./s1. The lowest BCUT2D eigenvalue weighted by Gasteiger charge is -2.35. The van der Waals surface area contributed by atoms with Crippen molar-refractivity contribution in [3.8, 4) is 0 Å². The first-order chi connectivity index (χ1) is 10.1. The lowest BCUT2D eigenvalue weighted by Crippen LogP contribution is -2.57. The Hall–Kier alpha value is -1.79. The predicted octanol–water partition coefficient (Wildman–Crippen LogP) is 1.44. The highest BCUT2D eigenvalue weighted by Gasteiger charge is 2.27. The van der Waals surface area contributed by atoms with E-state index in [0.717, 1.165) is 13.1 Å². The van der Waals surface area contributed by atoms with Crippen LogP contribution in [0.15, 0.2) is 30.3 Å². The molecule has 1 fully saturated rings. The maximum atomic E-state index is 12.4. The van der Waals surface area contributed by atoms with Gasteiger partial charge in [0.15, 0.2) is 0 Å². The number of amides is 3. The van der Waals surface area contributed by atoms with Crippen molar-refractivity contribution in [2.24, 2.45) is 0 Å². The van der Waals surface area contributed by atoms with Crippen LogP contribution in [0.1, 0.15) is 13.8 Å². The average Bonchev–Trinajstić information content (AvgIpc) is 2.48. The van der Waals surface area contributed by atoms with E-state index in [-0.39, 0.29) is 30.4 Å². The third kappa shape index (κ3) is 4.89. The highest BCUT2D eigenvalue weighted by Crippen LogP contribution is 2.07. The Kier molecular flexibility index (Phi) is 7.14. The van der Waals surface area contributed by atoms with Gasteiger partial charge in [-0.05, 0) is 26.0 Å². The second-order valence-electron chi connectivity index (χ2n) is 5.27. The quantitative estimate of drug-likeness (QED) is 0.787. The Bertz CT molecular complexity index is 498. The van der Waals surface area contributed by atoms with Crippen molar-refractivity contribution in [2.45, 2.75) is 25.9 Å². The van der Waals surface area contributed by atoms with Crippen molar-refractivity contribution in [3.05, 3.63) is 30.3 Å².